The monoisotopic (exact) mass is 288 g/mol. The number of hydrogen-bond donors (Lipinski definition) is 1. The van der Waals surface area contributed by atoms with Crippen molar-refractivity contribution in [1.82, 2.24) is 9.80 Å². The molecule has 0 aromatic heterocycles. The Morgan fingerprint density at radius 1 is 1.14 bits per heavy atom. The van der Waals surface area contributed by atoms with Gasteiger partial charge in [0.05, 0.1) is 6.10 Å². The molecule has 0 radical (unpaired) electrons. The zero-order valence-corrected chi connectivity index (χ0v) is 12.4. The molecule has 1 amide bonds. The van der Waals surface area contributed by atoms with Crippen molar-refractivity contribution in [2.45, 2.75) is 25.4 Å². The summed E-state index contributed by atoms with van der Waals surface area (Å²) in [6.07, 6.45) is 2.91. The lowest BCUT2D eigenvalue weighted by atomic mass is 9.84. The molecule has 1 unspecified atom stereocenters. The van der Waals surface area contributed by atoms with Gasteiger partial charge in [0.1, 0.15) is 0 Å². The van der Waals surface area contributed by atoms with Gasteiger partial charge in [0.25, 0.3) is 0 Å². The number of aliphatic hydroxyl groups excluding tert-OH is 1. The zero-order chi connectivity index (χ0) is 14.7. The average molecular weight is 288 g/mol. The molecule has 4 heteroatoms. The maximum Gasteiger partial charge on any atom is 0.225 e. The maximum atomic E-state index is 12.2. The predicted octanol–water partition coefficient (Wildman–Crippen LogP) is 1.66. The molecule has 1 atom stereocenters. The molecule has 21 heavy (non-hydrogen) atoms. The second-order valence-electron chi connectivity index (χ2n) is 6.18. The van der Waals surface area contributed by atoms with Crippen LogP contribution in [0.2, 0.25) is 0 Å². The highest BCUT2D eigenvalue weighted by Gasteiger charge is 2.31. The Morgan fingerprint density at radius 2 is 1.81 bits per heavy atom. The Labute approximate surface area is 126 Å². The van der Waals surface area contributed by atoms with Crippen LogP contribution in [0.25, 0.3) is 0 Å². The van der Waals surface area contributed by atoms with E-state index in [2.05, 4.69) is 4.90 Å². The molecule has 1 saturated heterocycles. The lowest BCUT2D eigenvalue weighted by molar-refractivity contribution is -0.140. The highest BCUT2D eigenvalue weighted by molar-refractivity contribution is 5.79. The fourth-order valence-electron chi connectivity index (χ4n) is 3.09. The van der Waals surface area contributed by atoms with Crippen LogP contribution in [0.3, 0.4) is 0 Å². The Hall–Kier alpha value is -1.39. The summed E-state index contributed by atoms with van der Waals surface area (Å²) in [6.45, 7) is 3.98. The molecular weight excluding hydrogens is 264 g/mol. The van der Waals surface area contributed by atoms with Crippen LogP contribution in [-0.4, -0.2) is 53.5 Å². The van der Waals surface area contributed by atoms with Crippen molar-refractivity contribution in [2.24, 2.45) is 5.92 Å². The molecule has 1 aliphatic carbocycles. The van der Waals surface area contributed by atoms with Gasteiger partial charge in [-0.3, -0.25) is 9.69 Å². The first-order valence-electron chi connectivity index (χ1n) is 7.98. The minimum absolute atomic E-state index is 0.298. The van der Waals surface area contributed by atoms with Gasteiger partial charge in [-0.15, -0.1) is 0 Å². The molecule has 1 N–H and O–H groups in total. The van der Waals surface area contributed by atoms with Gasteiger partial charge in [-0.2, -0.15) is 0 Å². The van der Waals surface area contributed by atoms with Crippen molar-refractivity contribution in [3.63, 3.8) is 0 Å². The molecule has 114 valence electrons. The largest absolute Gasteiger partial charge is 0.387 e. The first kappa shape index (κ1) is 14.5. The predicted molar refractivity (Wildman–Crippen MR) is 81.8 cm³/mol. The fraction of sp³-hybridized carbons (Fsp3) is 0.588. The summed E-state index contributed by atoms with van der Waals surface area (Å²) in [5, 5.41) is 10.3. The van der Waals surface area contributed by atoms with E-state index in [0.717, 1.165) is 44.6 Å². The van der Waals surface area contributed by atoms with E-state index in [0.29, 0.717) is 18.4 Å². The Balaban J connectivity index is 1.46. The van der Waals surface area contributed by atoms with Crippen molar-refractivity contribution in [3.05, 3.63) is 35.9 Å². The van der Waals surface area contributed by atoms with E-state index in [-0.39, 0.29) is 0 Å². The van der Waals surface area contributed by atoms with Crippen molar-refractivity contribution in [2.75, 3.05) is 32.7 Å². The molecular formula is C17H24N2O2. The van der Waals surface area contributed by atoms with Gasteiger partial charge in [0.15, 0.2) is 0 Å². The average Bonchev–Trinajstić information content (AvgIpc) is 2.47. The van der Waals surface area contributed by atoms with Crippen molar-refractivity contribution in [1.29, 1.82) is 0 Å². The standard InChI is InChI=1S/C17H24N2O2/c20-16(14-5-2-1-3-6-14)13-18-9-11-19(12-10-18)17(21)15-7-4-8-15/h1-3,5-6,15-16,20H,4,7-13H2. The van der Waals surface area contributed by atoms with E-state index < -0.39 is 6.10 Å². The molecule has 0 bridgehead atoms. The second kappa shape index (κ2) is 6.58. The summed E-state index contributed by atoms with van der Waals surface area (Å²) in [5.41, 5.74) is 0.963. The van der Waals surface area contributed by atoms with Crippen LogP contribution in [0.5, 0.6) is 0 Å². The van der Waals surface area contributed by atoms with E-state index >= 15 is 0 Å². The molecule has 3 rings (SSSR count). The SMILES string of the molecule is O=C(C1CCC1)N1CCN(CC(O)c2ccccc2)CC1. The third-order valence-electron chi connectivity index (χ3n) is 4.75. The minimum atomic E-state index is -0.444. The number of hydrogen-bond acceptors (Lipinski definition) is 3. The number of aliphatic hydroxyl groups is 1. The quantitative estimate of drug-likeness (QED) is 0.916. The molecule has 2 aliphatic rings. The van der Waals surface area contributed by atoms with E-state index in [1.807, 2.05) is 35.2 Å². The summed E-state index contributed by atoms with van der Waals surface area (Å²) in [6, 6.07) is 9.78. The number of rotatable bonds is 4. The molecule has 1 aliphatic heterocycles. The van der Waals surface area contributed by atoms with Gasteiger partial charge in [0, 0.05) is 38.6 Å². The molecule has 2 fully saturated rings. The van der Waals surface area contributed by atoms with Gasteiger partial charge in [0.2, 0.25) is 5.91 Å². The van der Waals surface area contributed by atoms with Crippen LogP contribution in [-0.2, 0) is 4.79 Å². The van der Waals surface area contributed by atoms with Crippen molar-refractivity contribution < 1.29 is 9.90 Å². The van der Waals surface area contributed by atoms with Crippen molar-refractivity contribution in [3.8, 4) is 0 Å². The Kier molecular flexibility index (Phi) is 4.56. The Bertz CT molecular complexity index is 465. The van der Waals surface area contributed by atoms with Crippen LogP contribution >= 0.6 is 0 Å². The first-order valence-corrected chi connectivity index (χ1v) is 7.98. The molecule has 1 heterocycles. The zero-order valence-electron chi connectivity index (χ0n) is 12.4. The summed E-state index contributed by atoms with van der Waals surface area (Å²) >= 11 is 0. The molecule has 1 aromatic rings. The van der Waals surface area contributed by atoms with Gasteiger partial charge in [-0.1, -0.05) is 36.8 Å². The van der Waals surface area contributed by atoms with Gasteiger partial charge in [-0.25, -0.2) is 0 Å². The number of amides is 1. The van der Waals surface area contributed by atoms with Crippen LogP contribution in [0, 0.1) is 5.92 Å². The number of carbonyl (C=O) groups is 1. The van der Waals surface area contributed by atoms with Crippen molar-refractivity contribution >= 4 is 5.91 Å². The highest BCUT2D eigenvalue weighted by atomic mass is 16.3. The third kappa shape index (κ3) is 3.44. The van der Waals surface area contributed by atoms with Gasteiger partial charge >= 0.3 is 0 Å². The third-order valence-corrected chi connectivity index (χ3v) is 4.75. The second-order valence-corrected chi connectivity index (χ2v) is 6.18. The Morgan fingerprint density at radius 3 is 2.38 bits per heavy atom. The number of nitrogens with zero attached hydrogens (tertiary/aromatic N) is 2. The summed E-state index contributed by atoms with van der Waals surface area (Å²) in [7, 11) is 0. The number of carbonyl (C=O) groups excluding carboxylic acids is 1. The maximum absolute atomic E-state index is 12.2. The van der Waals surface area contributed by atoms with Crippen LogP contribution in [0.15, 0.2) is 30.3 Å². The van der Waals surface area contributed by atoms with E-state index in [9.17, 15) is 9.90 Å². The van der Waals surface area contributed by atoms with E-state index in [1.165, 1.54) is 6.42 Å². The molecule has 0 spiro atoms. The normalized spacial score (nSPS) is 21.9. The molecule has 1 aromatic carbocycles. The smallest absolute Gasteiger partial charge is 0.225 e. The van der Waals surface area contributed by atoms with Gasteiger partial charge in [-0.05, 0) is 18.4 Å². The lowest BCUT2D eigenvalue weighted by Gasteiger charge is -2.38. The van der Waals surface area contributed by atoms with Crippen LogP contribution < -0.4 is 0 Å². The molecule has 4 nitrogen and oxygen atoms in total. The summed E-state index contributed by atoms with van der Waals surface area (Å²) < 4.78 is 0. The lowest BCUT2D eigenvalue weighted by Crippen LogP contribution is -2.51. The van der Waals surface area contributed by atoms with Crippen LogP contribution in [0.4, 0.5) is 0 Å². The molecule has 1 saturated carbocycles. The van der Waals surface area contributed by atoms with E-state index in [4.69, 9.17) is 0 Å². The summed E-state index contributed by atoms with van der Waals surface area (Å²) in [5.74, 6) is 0.649. The fourth-order valence-corrected chi connectivity index (χ4v) is 3.09. The number of β-amino-alcohol motifs (C(OH)–C–C–N with tert-alkyl or cyclic N) is 1. The minimum Gasteiger partial charge on any atom is -0.387 e. The van der Waals surface area contributed by atoms with Crippen LogP contribution in [0.1, 0.15) is 30.9 Å². The summed E-state index contributed by atoms with van der Waals surface area (Å²) in [4.78, 5) is 16.5. The number of piperazine rings is 1. The highest BCUT2D eigenvalue weighted by Crippen LogP contribution is 2.28. The van der Waals surface area contributed by atoms with Gasteiger partial charge < -0.3 is 10.0 Å². The number of benzene rings is 1. The first-order chi connectivity index (χ1) is 10.2. The topological polar surface area (TPSA) is 43.8 Å². The van der Waals surface area contributed by atoms with E-state index in [1.54, 1.807) is 0 Å².